The van der Waals surface area contributed by atoms with Gasteiger partial charge in [-0.25, -0.2) is 4.67 Å². The maximum atomic E-state index is 8.92. The Labute approximate surface area is 334 Å². The van der Waals surface area contributed by atoms with Gasteiger partial charge in [0.15, 0.2) is 6.29 Å². The number of nitriles is 1. The lowest BCUT2D eigenvalue weighted by atomic mass is 9.98. The molecule has 0 bridgehead atoms. The first kappa shape index (κ1) is 51.6. The number of unbranched alkanes of at least 4 members (excludes halogenated alkanes) is 13. The Kier molecular flexibility index (Phi) is 34.1. The molecular weight excluding hydrogens is 703 g/mol. The second kappa shape index (κ2) is 35.7. The summed E-state index contributed by atoms with van der Waals surface area (Å²) in [6, 6.07) is 2.83. The fourth-order valence-corrected chi connectivity index (χ4v) is 8.15. The largest absolute Gasteiger partial charge is 0.379 e. The average Bonchev–Trinajstić information content (AvgIpc) is 3.14. The fraction of sp³-hybridized carbons (Fsp3) is 0.977. The van der Waals surface area contributed by atoms with Gasteiger partial charge in [-0.1, -0.05) is 105 Å². The molecule has 0 aliphatic carbocycles. The van der Waals surface area contributed by atoms with Gasteiger partial charge in [0.1, 0.15) is 24.4 Å². The Bertz CT molecular complexity index is 858. The highest BCUT2D eigenvalue weighted by atomic mass is 31.2. The van der Waals surface area contributed by atoms with Gasteiger partial charge in [0.05, 0.1) is 32.3 Å². The van der Waals surface area contributed by atoms with Gasteiger partial charge in [0, 0.05) is 45.1 Å². The van der Waals surface area contributed by atoms with E-state index in [1.165, 1.54) is 44.9 Å². The van der Waals surface area contributed by atoms with Crippen molar-refractivity contribution in [2.75, 3.05) is 52.9 Å². The second-order valence-corrected chi connectivity index (χ2v) is 16.8. The van der Waals surface area contributed by atoms with Crippen LogP contribution in [0.3, 0.4) is 0 Å². The topological polar surface area (TPSA) is 101 Å². The van der Waals surface area contributed by atoms with Gasteiger partial charge in [0.2, 0.25) is 0 Å². The van der Waals surface area contributed by atoms with Crippen molar-refractivity contribution in [2.24, 2.45) is 0 Å². The molecule has 11 heteroatoms. The summed E-state index contributed by atoms with van der Waals surface area (Å²) in [5.74, 6) is 0. The van der Waals surface area contributed by atoms with E-state index in [0.29, 0.717) is 64.8 Å². The second-order valence-electron chi connectivity index (χ2n) is 15.3. The molecule has 0 aromatic rings. The van der Waals surface area contributed by atoms with E-state index in [1.54, 1.807) is 0 Å². The zero-order chi connectivity index (χ0) is 39.7. The molecule has 54 heavy (non-hydrogen) atoms. The SMILES string of the molecule is CCCCOC[C@H]1O[C@@H](OCCCCCCCCCCCCOP(OCCC#N)N(C(C)C)C(C)C)[C@H](OCCCC)[C@@H](OCCCC)[C@@H]1OCCCC. The van der Waals surface area contributed by atoms with E-state index in [-0.39, 0.29) is 24.4 Å². The van der Waals surface area contributed by atoms with Gasteiger partial charge in [-0.3, -0.25) is 0 Å². The van der Waals surface area contributed by atoms with Crippen LogP contribution in [0.2, 0.25) is 0 Å². The third-order valence-electron chi connectivity index (χ3n) is 9.62. The third kappa shape index (κ3) is 23.7. The van der Waals surface area contributed by atoms with Gasteiger partial charge in [-0.2, -0.15) is 5.26 Å². The fourth-order valence-electron chi connectivity index (χ4n) is 6.53. The summed E-state index contributed by atoms with van der Waals surface area (Å²) >= 11 is 0. The molecule has 1 rings (SSSR count). The molecule has 1 fully saturated rings. The number of rotatable bonds is 38. The minimum Gasteiger partial charge on any atom is -0.379 e. The molecule has 1 aliphatic heterocycles. The quantitative estimate of drug-likeness (QED) is 0.0444. The monoisotopic (exact) mass is 789 g/mol. The van der Waals surface area contributed by atoms with Crippen molar-refractivity contribution < 1.29 is 37.5 Å². The van der Waals surface area contributed by atoms with E-state index < -0.39 is 14.8 Å². The van der Waals surface area contributed by atoms with Gasteiger partial charge in [-0.15, -0.1) is 0 Å². The summed E-state index contributed by atoms with van der Waals surface area (Å²) in [7, 11) is -1.14. The molecule has 10 nitrogen and oxygen atoms in total. The summed E-state index contributed by atoms with van der Waals surface area (Å²) in [5, 5.41) is 8.92. The zero-order valence-corrected chi connectivity index (χ0v) is 37.1. The molecule has 0 saturated carbocycles. The molecule has 0 radical (unpaired) electrons. The lowest BCUT2D eigenvalue weighted by molar-refractivity contribution is -0.323. The van der Waals surface area contributed by atoms with Crippen molar-refractivity contribution in [1.29, 1.82) is 5.26 Å². The Morgan fingerprint density at radius 2 is 0.981 bits per heavy atom. The van der Waals surface area contributed by atoms with E-state index in [1.807, 2.05) is 0 Å². The Balaban J connectivity index is 2.51. The molecule has 1 saturated heterocycles. The standard InChI is InChI=1S/C43H85N2O8P/c1-9-13-29-46-36-39-40(47-30-14-10-2)41(48-31-15-11-3)42(49-32-16-12-4)43(53-39)50-33-25-23-21-19-17-18-20-22-24-26-34-51-54(52-35-27-28-44)45(37(5)6)38(7)8/h37-43H,9-27,29-36H2,1-8H3/t39-,40-,41+,42-,43-,54?/m1/s1. The Hall–Kier alpha value is -0.440. The molecule has 1 unspecified atom stereocenters. The van der Waals surface area contributed by atoms with Crippen LogP contribution in [0.5, 0.6) is 0 Å². The Morgan fingerprint density at radius 3 is 1.50 bits per heavy atom. The summed E-state index contributed by atoms with van der Waals surface area (Å²) in [5.41, 5.74) is 0. The third-order valence-corrected chi connectivity index (χ3v) is 11.7. The predicted molar refractivity (Wildman–Crippen MR) is 222 cm³/mol. The van der Waals surface area contributed by atoms with Crippen LogP contribution in [-0.2, 0) is 37.5 Å². The maximum Gasteiger partial charge on any atom is 0.259 e. The van der Waals surface area contributed by atoms with Crippen molar-refractivity contribution in [3.8, 4) is 6.07 Å². The molecule has 0 aromatic carbocycles. The highest BCUT2D eigenvalue weighted by molar-refractivity contribution is 7.44. The van der Waals surface area contributed by atoms with Crippen LogP contribution in [0.4, 0.5) is 0 Å². The number of hydrogen-bond acceptors (Lipinski definition) is 10. The molecule has 0 N–H and O–H groups in total. The van der Waals surface area contributed by atoms with E-state index in [9.17, 15) is 0 Å². The van der Waals surface area contributed by atoms with Crippen molar-refractivity contribution in [1.82, 2.24) is 4.67 Å². The van der Waals surface area contributed by atoms with Crippen molar-refractivity contribution in [3.63, 3.8) is 0 Å². The zero-order valence-electron chi connectivity index (χ0n) is 36.2. The normalized spacial score (nSPS) is 21.0. The van der Waals surface area contributed by atoms with E-state index in [2.05, 4.69) is 66.1 Å². The predicted octanol–water partition coefficient (Wildman–Crippen LogP) is 11.3. The highest BCUT2D eigenvalue weighted by Gasteiger charge is 2.48. The molecular formula is C43H85N2O8P. The lowest BCUT2D eigenvalue weighted by Gasteiger charge is -2.46. The van der Waals surface area contributed by atoms with Crippen LogP contribution in [0.15, 0.2) is 0 Å². The lowest BCUT2D eigenvalue weighted by Crippen LogP contribution is -2.62. The minimum absolute atomic E-state index is 0.256. The summed E-state index contributed by atoms with van der Waals surface area (Å²) in [6.45, 7) is 22.4. The van der Waals surface area contributed by atoms with Crippen LogP contribution in [0.25, 0.3) is 0 Å². The van der Waals surface area contributed by atoms with E-state index >= 15 is 0 Å². The van der Waals surface area contributed by atoms with Crippen LogP contribution in [0.1, 0.15) is 177 Å². The first-order valence-corrected chi connectivity index (χ1v) is 23.4. The summed E-state index contributed by atoms with van der Waals surface area (Å²) < 4.78 is 53.4. The van der Waals surface area contributed by atoms with E-state index in [4.69, 9.17) is 42.7 Å². The first-order chi connectivity index (χ1) is 26.4. The first-order valence-electron chi connectivity index (χ1n) is 22.3. The van der Waals surface area contributed by atoms with Gasteiger partial charge >= 0.3 is 0 Å². The molecule has 0 spiro atoms. The molecule has 0 amide bonds. The van der Waals surface area contributed by atoms with E-state index in [0.717, 1.165) is 77.2 Å². The smallest absolute Gasteiger partial charge is 0.259 e. The van der Waals surface area contributed by atoms with Gasteiger partial charge < -0.3 is 37.5 Å². The van der Waals surface area contributed by atoms with Gasteiger partial charge in [0.25, 0.3) is 8.53 Å². The number of ether oxygens (including phenoxy) is 6. The van der Waals surface area contributed by atoms with Crippen LogP contribution in [-0.4, -0.2) is 100 Å². The molecule has 1 heterocycles. The number of nitrogens with zero attached hydrogens (tertiary/aromatic N) is 2. The van der Waals surface area contributed by atoms with Crippen molar-refractivity contribution in [2.45, 2.75) is 220 Å². The average molecular weight is 789 g/mol. The molecule has 6 atom stereocenters. The van der Waals surface area contributed by atoms with Crippen molar-refractivity contribution in [3.05, 3.63) is 0 Å². The summed E-state index contributed by atoms with van der Waals surface area (Å²) in [6.07, 6.45) is 19.0. The maximum absolute atomic E-state index is 8.92. The molecule has 1 aliphatic rings. The highest BCUT2D eigenvalue weighted by Crippen LogP contribution is 2.46. The molecule has 320 valence electrons. The minimum atomic E-state index is -1.14. The molecule has 0 aromatic heterocycles. The van der Waals surface area contributed by atoms with Gasteiger partial charge in [-0.05, 0) is 66.2 Å². The summed E-state index contributed by atoms with van der Waals surface area (Å²) in [4.78, 5) is 0. The number of hydrogen-bond donors (Lipinski definition) is 0. The Morgan fingerprint density at radius 1 is 0.537 bits per heavy atom. The van der Waals surface area contributed by atoms with Crippen molar-refractivity contribution >= 4 is 8.53 Å². The van der Waals surface area contributed by atoms with Crippen LogP contribution in [0, 0.1) is 11.3 Å². The van der Waals surface area contributed by atoms with Crippen LogP contribution < -0.4 is 0 Å². The van der Waals surface area contributed by atoms with Crippen LogP contribution >= 0.6 is 8.53 Å².